The second kappa shape index (κ2) is 7.93. The third-order valence-electron chi connectivity index (χ3n) is 5.20. The van der Waals surface area contributed by atoms with Gasteiger partial charge in [-0.1, -0.05) is 20.8 Å². The zero-order valence-corrected chi connectivity index (χ0v) is 20.1. The van der Waals surface area contributed by atoms with Gasteiger partial charge in [0.25, 0.3) is 0 Å². The lowest BCUT2D eigenvalue weighted by atomic mass is 9.76. The first-order chi connectivity index (χ1) is 14.0. The van der Waals surface area contributed by atoms with E-state index in [2.05, 4.69) is 4.98 Å². The van der Waals surface area contributed by atoms with Crippen LogP contribution in [0.1, 0.15) is 66.2 Å². The van der Waals surface area contributed by atoms with Crippen molar-refractivity contribution in [1.82, 2.24) is 9.55 Å². The van der Waals surface area contributed by atoms with Crippen molar-refractivity contribution in [1.29, 1.82) is 0 Å². The minimum absolute atomic E-state index is 0.138. The molecule has 0 radical (unpaired) electrons. The highest BCUT2D eigenvalue weighted by Crippen LogP contribution is 2.57. The van der Waals surface area contributed by atoms with Crippen molar-refractivity contribution in [3.8, 4) is 0 Å². The van der Waals surface area contributed by atoms with Crippen LogP contribution in [0.15, 0.2) is 11.0 Å². The Morgan fingerprint density at radius 1 is 1.35 bits per heavy atom. The molecular formula is C20H34N3O7P. The number of anilines is 1. The lowest BCUT2D eigenvalue weighted by Crippen LogP contribution is -2.52. The topological polar surface area (TPSA) is 135 Å². The second-order valence-electron chi connectivity index (χ2n) is 10.6. The van der Waals surface area contributed by atoms with E-state index in [1.807, 2.05) is 20.8 Å². The minimum Gasteiger partial charge on any atom is -0.383 e. The van der Waals surface area contributed by atoms with E-state index in [1.165, 1.54) is 4.57 Å². The van der Waals surface area contributed by atoms with Gasteiger partial charge < -0.3 is 20.1 Å². The molecule has 2 aliphatic rings. The van der Waals surface area contributed by atoms with Crippen LogP contribution in [0.3, 0.4) is 0 Å². The summed E-state index contributed by atoms with van der Waals surface area (Å²) < 4.78 is 37.5. The van der Waals surface area contributed by atoms with Crippen molar-refractivity contribution in [3.63, 3.8) is 0 Å². The molecule has 0 spiro atoms. The first-order valence-corrected chi connectivity index (χ1v) is 11.9. The van der Waals surface area contributed by atoms with Crippen molar-refractivity contribution in [3.05, 3.63) is 22.2 Å². The Balaban J connectivity index is 2.04. The van der Waals surface area contributed by atoms with Gasteiger partial charge in [0.2, 0.25) is 0 Å². The number of ether oxygens (including phenoxy) is 2. The highest BCUT2D eigenvalue weighted by molar-refractivity contribution is 7.47. The molecule has 31 heavy (non-hydrogen) atoms. The molecular weight excluding hydrogens is 425 g/mol. The summed E-state index contributed by atoms with van der Waals surface area (Å²) in [6.07, 6.45) is -0.0917. The fraction of sp³-hybridized carbons (Fsp3) is 0.800. The third-order valence-corrected chi connectivity index (χ3v) is 6.47. The third kappa shape index (κ3) is 5.38. The quantitative estimate of drug-likeness (QED) is 0.637. The molecule has 5 atom stereocenters. The van der Waals surface area contributed by atoms with Crippen molar-refractivity contribution >= 4 is 13.6 Å². The standard InChI is InChI=1S/C20H34N3O7P/c1-12-10-23(17(24)22-15(12)21)16-13-14(29-31(25,26)30-19(5,6)7)20(28-16,8-9-27-13)11-18(2,3)4/h10,13-14,16H,8-9,11H2,1-7H3,(H,25,26)(H2,21,22,24)/t13-,14+,16-,20-/m1/s1. The number of aromatic nitrogens is 2. The van der Waals surface area contributed by atoms with Crippen LogP contribution in [0, 0.1) is 12.3 Å². The average molecular weight is 459 g/mol. The minimum atomic E-state index is -4.46. The summed E-state index contributed by atoms with van der Waals surface area (Å²) in [5.41, 5.74) is 3.75. The summed E-state index contributed by atoms with van der Waals surface area (Å²) in [5, 5.41) is 0. The summed E-state index contributed by atoms with van der Waals surface area (Å²) in [4.78, 5) is 26.9. The summed E-state index contributed by atoms with van der Waals surface area (Å²) in [6, 6.07) is 0. The van der Waals surface area contributed by atoms with Crippen LogP contribution in [-0.2, 0) is 23.1 Å². The molecule has 2 saturated heterocycles. The SMILES string of the molecule is Cc1cn([C@@H]2O[C@@]3(CC(C)(C)C)CCO[C@@H]2[C@@H]3OP(=O)(O)OC(C)(C)C)c(=O)nc1N. The number of nitrogens with two attached hydrogens (primary N) is 1. The summed E-state index contributed by atoms with van der Waals surface area (Å²) in [7, 11) is -4.46. The van der Waals surface area contributed by atoms with Crippen LogP contribution < -0.4 is 11.4 Å². The van der Waals surface area contributed by atoms with E-state index in [4.69, 9.17) is 24.3 Å². The van der Waals surface area contributed by atoms with Gasteiger partial charge in [0.1, 0.15) is 23.6 Å². The van der Waals surface area contributed by atoms with E-state index < -0.39 is 43.2 Å². The number of phosphoric ester groups is 1. The van der Waals surface area contributed by atoms with Gasteiger partial charge in [0, 0.05) is 18.2 Å². The second-order valence-corrected chi connectivity index (χ2v) is 11.9. The molecule has 2 fully saturated rings. The molecule has 0 amide bonds. The van der Waals surface area contributed by atoms with Crippen LogP contribution >= 0.6 is 7.82 Å². The Hall–Kier alpha value is -1.29. The number of rotatable bonds is 5. The molecule has 3 N–H and O–H groups in total. The van der Waals surface area contributed by atoms with E-state index in [-0.39, 0.29) is 11.2 Å². The van der Waals surface area contributed by atoms with Crippen molar-refractivity contribution in [2.75, 3.05) is 12.3 Å². The highest BCUT2D eigenvalue weighted by Gasteiger charge is 2.62. The maximum atomic E-state index is 12.8. The normalized spacial score (nSPS) is 30.9. The van der Waals surface area contributed by atoms with Gasteiger partial charge in [0.15, 0.2) is 6.23 Å². The summed E-state index contributed by atoms with van der Waals surface area (Å²) >= 11 is 0. The smallest absolute Gasteiger partial charge is 0.383 e. The fourth-order valence-electron chi connectivity index (χ4n) is 4.33. The van der Waals surface area contributed by atoms with Crippen LogP contribution in [0.5, 0.6) is 0 Å². The van der Waals surface area contributed by atoms with E-state index in [1.54, 1.807) is 33.9 Å². The van der Waals surface area contributed by atoms with Crippen LogP contribution in [0.4, 0.5) is 5.82 Å². The highest BCUT2D eigenvalue weighted by atomic mass is 31.2. The molecule has 0 aromatic carbocycles. The predicted molar refractivity (Wildman–Crippen MR) is 114 cm³/mol. The Kier molecular flexibility index (Phi) is 6.23. The monoisotopic (exact) mass is 459 g/mol. The zero-order chi connectivity index (χ0) is 23.4. The fourth-order valence-corrected chi connectivity index (χ4v) is 5.67. The van der Waals surface area contributed by atoms with Crippen LogP contribution in [-0.4, -0.2) is 44.5 Å². The average Bonchev–Trinajstić information content (AvgIpc) is 2.70. The molecule has 176 valence electrons. The van der Waals surface area contributed by atoms with Gasteiger partial charge in [-0.3, -0.25) is 13.6 Å². The molecule has 1 aromatic rings. The van der Waals surface area contributed by atoms with Gasteiger partial charge in [-0.15, -0.1) is 0 Å². The van der Waals surface area contributed by atoms with Gasteiger partial charge in [-0.2, -0.15) is 4.98 Å². The van der Waals surface area contributed by atoms with Crippen molar-refractivity contribution in [2.24, 2.45) is 5.41 Å². The lowest BCUT2D eigenvalue weighted by Gasteiger charge is -2.42. The molecule has 0 saturated carbocycles. The first kappa shape index (κ1) is 24.4. The molecule has 1 aromatic heterocycles. The molecule has 10 nitrogen and oxygen atoms in total. The van der Waals surface area contributed by atoms with E-state index in [0.29, 0.717) is 25.0 Å². The number of aryl methyl sites for hydroxylation is 1. The van der Waals surface area contributed by atoms with Crippen molar-refractivity contribution < 1.29 is 28.0 Å². The van der Waals surface area contributed by atoms with E-state index in [0.717, 1.165) is 0 Å². The lowest BCUT2D eigenvalue weighted by molar-refractivity contribution is -0.138. The van der Waals surface area contributed by atoms with Gasteiger partial charge in [-0.25, -0.2) is 9.36 Å². The molecule has 11 heteroatoms. The number of fused-ring (bicyclic) bond motifs is 2. The van der Waals surface area contributed by atoms with E-state index >= 15 is 0 Å². The first-order valence-electron chi connectivity index (χ1n) is 10.4. The molecule has 3 heterocycles. The van der Waals surface area contributed by atoms with Gasteiger partial charge >= 0.3 is 13.5 Å². The summed E-state index contributed by atoms with van der Waals surface area (Å²) in [6.45, 7) is 13.2. The zero-order valence-electron chi connectivity index (χ0n) is 19.2. The molecule has 1 unspecified atom stereocenters. The molecule has 3 rings (SSSR count). The van der Waals surface area contributed by atoms with Crippen molar-refractivity contribution in [2.45, 2.75) is 90.9 Å². The maximum Gasteiger partial charge on any atom is 0.473 e. The molecule has 2 aliphatic heterocycles. The number of phosphoric acid groups is 1. The Morgan fingerprint density at radius 3 is 2.58 bits per heavy atom. The van der Waals surface area contributed by atoms with Crippen LogP contribution in [0.25, 0.3) is 0 Å². The number of nitrogens with zero attached hydrogens (tertiary/aromatic N) is 2. The Bertz CT molecular complexity index is 936. The largest absolute Gasteiger partial charge is 0.473 e. The Morgan fingerprint density at radius 2 is 2.00 bits per heavy atom. The van der Waals surface area contributed by atoms with E-state index in [9.17, 15) is 14.3 Å². The maximum absolute atomic E-state index is 12.8. The van der Waals surface area contributed by atoms with Gasteiger partial charge in [-0.05, 0) is 39.5 Å². The summed E-state index contributed by atoms with van der Waals surface area (Å²) in [5.74, 6) is 0.138. The number of hydrogen-bond acceptors (Lipinski definition) is 8. The van der Waals surface area contributed by atoms with Gasteiger partial charge in [0.05, 0.1) is 12.2 Å². The number of hydrogen-bond donors (Lipinski definition) is 2. The molecule has 2 bridgehead atoms. The predicted octanol–water partition coefficient (Wildman–Crippen LogP) is 2.93. The molecule has 0 aliphatic carbocycles. The van der Waals surface area contributed by atoms with Crippen LogP contribution in [0.2, 0.25) is 0 Å². The number of nitrogen functional groups attached to an aromatic ring is 1. The Labute approximate surface area is 182 Å².